The summed E-state index contributed by atoms with van der Waals surface area (Å²) in [6.07, 6.45) is 2.04. The molecule has 16 heavy (non-hydrogen) atoms. The smallest absolute Gasteiger partial charge is 0.127 e. The monoisotopic (exact) mass is 245 g/mol. The number of halogens is 2. The number of rotatable bonds is 3. The van der Waals surface area contributed by atoms with Crippen LogP contribution in [0.2, 0.25) is 0 Å². The van der Waals surface area contributed by atoms with E-state index in [9.17, 15) is 4.39 Å². The molecular formula is C12H17ClFNO. The molecule has 0 atom stereocenters. The molecule has 2 rings (SSSR count). The maximum atomic E-state index is 13.3. The molecule has 0 aliphatic carbocycles. The predicted octanol–water partition coefficient (Wildman–Crippen LogP) is 2.52. The van der Waals surface area contributed by atoms with Gasteiger partial charge in [-0.2, -0.15) is 0 Å². The molecule has 0 bridgehead atoms. The maximum Gasteiger partial charge on any atom is 0.127 e. The third kappa shape index (κ3) is 3.74. The second-order valence-corrected chi connectivity index (χ2v) is 3.86. The van der Waals surface area contributed by atoms with E-state index < -0.39 is 0 Å². The average Bonchev–Trinajstić information content (AvgIpc) is 2.29. The first-order chi connectivity index (χ1) is 7.36. The minimum atomic E-state index is -0.128. The topological polar surface area (TPSA) is 21.3 Å². The number of nitrogens with one attached hydrogen (secondary N) is 1. The van der Waals surface area contributed by atoms with Crippen molar-refractivity contribution in [2.75, 3.05) is 13.2 Å². The highest BCUT2D eigenvalue weighted by molar-refractivity contribution is 5.85. The normalized spacial score (nSPS) is 16.8. The van der Waals surface area contributed by atoms with Crippen LogP contribution in [0.25, 0.3) is 0 Å². The highest BCUT2D eigenvalue weighted by Gasteiger charge is 2.13. The zero-order valence-electron chi connectivity index (χ0n) is 9.12. The van der Waals surface area contributed by atoms with Crippen molar-refractivity contribution in [2.45, 2.75) is 25.4 Å². The van der Waals surface area contributed by atoms with Crippen LogP contribution in [-0.2, 0) is 11.3 Å². The highest BCUT2D eigenvalue weighted by atomic mass is 35.5. The number of hydrogen-bond donors (Lipinski definition) is 1. The third-order valence-electron chi connectivity index (χ3n) is 2.76. The molecule has 1 aromatic carbocycles. The van der Waals surface area contributed by atoms with Gasteiger partial charge in [0.2, 0.25) is 0 Å². The van der Waals surface area contributed by atoms with Gasteiger partial charge in [-0.05, 0) is 18.9 Å². The molecule has 1 aromatic rings. The fraction of sp³-hybridized carbons (Fsp3) is 0.500. The fourth-order valence-electron chi connectivity index (χ4n) is 1.80. The summed E-state index contributed by atoms with van der Waals surface area (Å²) in [6, 6.07) is 7.37. The molecule has 1 heterocycles. The van der Waals surface area contributed by atoms with Crippen molar-refractivity contribution in [1.82, 2.24) is 5.32 Å². The average molecular weight is 246 g/mol. The largest absolute Gasteiger partial charge is 0.381 e. The van der Waals surface area contributed by atoms with Crippen molar-refractivity contribution in [3.05, 3.63) is 35.6 Å². The van der Waals surface area contributed by atoms with E-state index in [1.807, 2.05) is 12.1 Å². The lowest BCUT2D eigenvalue weighted by Crippen LogP contribution is -2.34. The van der Waals surface area contributed by atoms with E-state index in [1.165, 1.54) is 6.07 Å². The minimum absolute atomic E-state index is 0. The second kappa shape index (κ2) is 6.84. The Morgan fingerprint density at radius 3 is 2.62 bits per heavy atom. The molecule has 0 amide bonds. The van der Waals surface area contributed by atoms with Crippen LogP contribution in [0.15, 0.2) is 24.3 Å². The Morgan fingerprint density at radius 1 is 1.25 bits per heavy atom. The second-order valence-electron chi connectivity index (χ2n) is 3.86. The molecule has 0 spiro atoms. The van der Waals surface area contributed by atoms with Crippen molar-refractivity contribution in [3.63, 3.8) is 0 Å². The summed E-state index contributed by atoms with van der Waals surface area (Å²) in [5.74, 6) is -0.128. The molecule has 0 radical (unpaired) electrons. The standard InChI is InChI=1S/C12H16FNO.ClH/c13-12-4-2-1-3-10(12)9-14-11-5-7-15-8-6-11;/h1-4,11,14H,5-9H2;1H. The van der Waals surface area contributed by atoms with Crippen LogP contribution in [-0.4, -0.2) is 19.3 Å². The van der Waals surface area contributed by atoms with Crippen LogP contribution in [0.3, 0.4) is 0 Å². The van der Waals surface area contributed by atoms with Gasteiger partial charge in [0.1, 0.15) is 5.82 Å². The third-order valence-corrected chi connectivity index (χ3v) is 2.76. The van der Waals surface area contributed by atoms with Gasteiger partial charge in [-0.25, -0.2) is 4.39 Å². The number of ether oxygens (including phenoxy) is 1. The lowest BCUT2D eigenvalue weighted by molar-refractivity contribution is 0.0775. The van der Waals surface area contributed by atoms with Crippen molar-refractivity contribution in [1.29, 1.82) is 0 Å². The quantitative estimate of drug-likeness (QED) is 0.884. The maximum absolute atomic E-state index is 13.3. The van der Waals surface area contributed by atoms with Gasteiger partial charge in [0.15, 0.2) is 0 Å². The van der Waals surface area contributed by atoms with Crippen molar-refractivity contribution >= 4 is 12.4 Å². The Morgan fingerprint density at radius 2 is 1.94 bits per heavy atom. The summed E-state index contributed by atoms with van der Waals surface area (Å²) in [6.45, 7) is 2.24. The summed E-state index contributed by atoms with van der Waals surface area (Å²) >= 11 is 0. The lowest BCUT2D eigenvalue weighted by Gasteiger charge is -2.23. The number of hydrogen-bond acceptors (Lipinski definition) is 2. The van der Waals surface area contributed by atoms with E-state index in [0.29, 0.717) is 12.6 Å². The molecule has 0 saturated carbocycles. The summed E-state index contributed by atoms with van der Waals surface area (Å²) in [5, 5.41) is 3.36. The molecular weight excluding hydrogens is 229 g/mol. The van der Waals surface area contributed by atoms with Crippen LogP contribution >= 0.6 is 12.4 Å². The number of benzene rings is 1. The van der Waals surface area contributed by atoms with Crippen LogP contribution < -0.4 is 5.32 Å². The molecule has 1 N–H and O–H groups in total. The van der Waals surface area contributed by atoms with Crippen molar-refractivity contribution in [3.8, 4) is 0 Å². The first-order valence-corrected chi connectivity index (χ1v) is 5.41. The SMILES string of the molecule is Cl.Fc1ccccc1CNC1CCOCC1. The Bertz CT molecular complexity index is 316. The van der Waals surface area contributed by atoms with Gasteiger partial charge in [0.25, 0.3) is 0 Å². The van der Waals surface area contributed by atoms with E-state index in [-0.39, 0.29) is 18.2 Å². The molecule has 1 aliphatic rings. The Hall–Kier alpha value is -0.640. The molecule has 0 unspecified atom stereocenters. The highest BCUT2D eigenvalue weighted by Crippen LogP contribution is 2.10. The van der Waals surface area contributed by atoms with E-state index in [0.717, 1.165) is 31.6 Å². The Balaban J connectivity index is 0.00000128. The van der Waals surface area contributed by atoms with Gasteiger partial charge in [-0.3, -0.25) is 0 Å². The molecule has 0 aromatic heterocycles. The molecule has 2 nitrogen and oxygen atoms in total. The van der Waals surface area contributed by atoms with Crippen molar-refractivity contribution in [2.24, 2.45) is 0 Å². The summed E-state index contributed by atoms with van der Waals surface area (Å²) in [5.41, 5.74) is 0.740. The van der Waals surface area contributed by atoms with Crippen LogP contribution in [0.4, 0.5) is 4.39 Å². The molecule has 90 valence electrons. The summed E-state index contributed by atoms with van der Waals surface area (Å²) < 4.78 is 18.5. The molecule has 1 fully saturated rings. The predicted molar refractivity (Wildman–Crippen MR) is 64.3 cm³/mol. The van der Waals surface area contributed by atoms with Crippen molar-refractivity contribution < 1.29 is 9.13 Å². The van der Waals surface area contributed by atoms with Gasteiger partial charge in [-0.15, -0.1) is 12.4 Å². The Kier molecular flexibility index (Phi) is 5.74. The van der Waals surface area contributed by atoms with E-state index >= 15 is 0 Å². The Labute approximate surface area is 102 Å². The lowest BCUT2D eigenvalue weighted by atomic mass is 10.1. The van der Waals surface area contributed by atoms with Gasteiger partial charge >= 0.3 is 0 Å². The van der Waals surface area contributed by atoms with Crippen LogP contribution in [0, 0.1) is 5.82 Å². The van der Waals surface area contributed by atoms with Gasteiger partial charge in [-0.1, -0.05) is 18.2 Å². The zero-order valence-corrected chi connectivity index (χ0v) is 9.93. The zero-order chi connectivity index (χ0) is 10.5. The molecule has 4 heteroatoms. The van der Waals surface area contributed by atoms with E-state index in [1.54, 1.807) is 6.07 Å². The van der Waals surface area contributed by atoms with Gasteiger partial charge in [0, 0.05) is 31.4 Å². The minimum Gasteiger partial charge on any atom is -0.381 e. The first kappa shape index (κ1) is 13.4. The molecule has 1 saturated heterocycles. The van der Waals surface area contributed by atoms with E-state index in [4.69, 9.17) is 4.74 Å². The molecule has 1 aliphatic heterocycles. The van der Waals surface area contributed by atoms with Gasteiger partial charge < -0.3 is 10.1 Å². The van der Waals surface area contributed by atoms with E-state index in [2.05, 4.69) is 5.32 Å². The summed E-state index contributed by atoms with van der Waals surface area (Å²) in [7, 11) is 0. The summed E-state index contributed by atoms with van der Waals surface area (Å²) in [4.78, 5) is 0. The fourth-order valence-corrected chi connectivity index (χ4v) is 1.80. The van der Waals surface area contributed by atoms with Gasteiger partial charge in [0.05, 0.1) is 0 Å². The first-order valence-electron chi connectivity index (χ1n) is 5.41. The van der Waals surface area contributed by atoms with Crippen LogP contribution in [0.5, 0.6) is 0 Å². The van der Waals surface area contributed by atoms with Crippen LogP contribution in [0.1, 0.15) is 18.4 Å².